The van der Waals surface area contributed by atoms with Crippen LogP contribution < -0.4 is 5.32 Å². The minimum Gasteiger partial charge on any atom is -0.391 e. The number of nitro groups is 2. The lowest BCUT2D eigenvalue weighted by Gasteiger charge is -2.17. The number of likely N-dealkylation sites (tertiary alicyclic amines) is 1. The summed E-state index contributed by atoms with van der Waals surface area (Å²) < 4.78 is 0. The summed E-state index contributed by atoms with van der Waals surface area (Å²) in [6, 6.07) is 11.4. The highest BCUT2D eigenvalue weighted by atomic mass is 16.6. The van der Waals surface area contributed by atoms with E-state index in [-0.39, 0.29) is 29.6 Å². The van der Waals surface area contributed by atoms with E-state index in [2.05, 4.69) is 10.2 Å². The molecule has 0 amide bonds. The number of nitro benzene ring substituents is 2. The number of hydrogen-bond donors (Lipinski definition) is 2. The Labute approximate surface area is 155 Å². The van der Waals surface area contributed by atoms with Crippen molar-refractivity contribution < 1.29 is 15.0 Å². The van der Waals surface area contributed by atoms with Gasteiger partial charge in [0.15, 0.2) is 0 Å². The predicted molar refractivity (Wildman–Crippen MR) is 99.4 cm³/mol. The summed E-state index contributed by atoms with van der Waals surface area (Å²) in [5, 5.41) is 34.3. The number of hydrogen-bond acceptors (Lipinski definition) is 7. The van der Waals surface area contributed by atoms with Crippen molar-refractivity contribution in [1.82, 2.24) is 4.90 Å². The first-order valence-electron chi connectivity index (χ1n) is 8.56. The summed E-state index contributed by atoms with van der Waals surface area (Å²) in [5.74, 6) is 0. The molecule has 3 rings (SSSR count). The maximum Gasteiger partial charge on any atom is 0.276 e. The van der Waals surface area contributed by atoms with Gasteiger partial charge in [-0.25, -0.2) is 0 Å². The van der Waals surface area contributed by atoms with E-state index in [9.17, 15) is 25.3 Å². The maximum absolute atomic E-state index is 11.1. The lowest BCUT2D eigenvalue weighted by Crippen LogP contribution is -2.26. The smallest absolute Gasteiger partial charge is 0.276 e. The van der Waals surface area contributed by atoms with Crippen LogP contribution in [0.2, 0.25) is 0 Å². The molecule has 9 nitrogen and oxygen atoms in total. The van der Waals surface area contributed by atoms with Crippen molar-refractivity contribution in [2.24, 2.45) is 0 Å². The van der Waals surface area contributed by atoms with Crippen molar-refractivity contribution in [1.29, 1.82) is 0 Å². The fraction of sp³-hybridized carbons (Fsp3) is 0.333. The maximum atomic E-state index is 11.1. The molecule has 2 aromatic rings. The minimum absolute atomic E-state index is 0.0765. The van der Waals surface area contributed by atoms with E-state index in [1.54, 1.807) is 24.3 Å². The molecular weight excluding hydrogens is 352 g/mol. The number of anilines is 1. The van der Waals surface area contributed by atoms with Crippen molar-refractivity contribution in [2.75, 3.05) is 18.4 Å². The first-order valence-corrected chi connectivity index (χ1v) is 8.56. The third-order valence-electron chi connectivity index (χ3n) is 4.65. The number of aliphatic hydroxyl groups excluding tert-OH is 1. The van der Waals surface area contributed by atoms with Crippen molar-refractivity contribution >= 4 is 17.1 Å². The summed E-state index contributed by atoms with van der Waals surface area (Å²) in [6.07, 6.45) is 0.891. The van der Waals surface area contributed by atoms with Crippen molar-refractivity contribution in [3.63, 3.8) is 0 Å². The molecule has 1 unspecified atom stereocenters. The van der Waals surface area contributed by atoms with Crippen LogP contribution in [0.3, 0.4) is 0 Å². The van der Waals surface area contributed by atoms with Crippen LogP contribution in [0.1, 0.15) is 17.5 Å². The highest BCUT2D eigenvalue weighted by Gasteiger charge is 2.23. The number of non-ortho nitro benzene ring substituents is 1. The van der Waals surface area contributed by atoms with Crippen LogP contribution in [0.4, 0.5) is 17.1 Å². The molecule has 1 aliphatic rings. The van der Waals surface area contributed by atoms with E-state index in [1.807, 2.05) is 0 Å². The second kappa shape index (κ2) is 8.11. The Kier molecular flexibility index (Phi) is 5.63. The fourth-order valence-corrected chi connectivity index (χ4v) is 3.27. The third kappa shape index (κ3) is 4.57. The van der Waals surface area contributed by atoms with Crippen LogP contribution in [-0.2, 0) is 13.2 Å². The van der Waals surface area contributed by atoms with E-state index in [0.29, 0.717) is 12.2 Å². The van der Waals surface area contributed by atoms with Gasteiger partial charge in [-0.15, -0.1) is 0 Å². The van der Waals surface area contributed by atoms with E-state index in [1.165, 1.54) is 18.2 Å². The van der Waals surface area contributed by atoms with Crippen LogP contribution in [-0.4, -0.2) is 39.0 Å². The summed E-state index contributed by atoms with van der Waals surface area (Å²) >= 11 is 0. The molecule has 0 bridgehead atoms. The number of aliphatic hydroxyl groups is 1. The van der Waals surface area contributed by atoms with Gasteiger partial charge in [-0.1, -0.05) is 12.1 Å². The molecule has 142 valence electrons. The monoisotopic (exact) mass is 372 g/mol. The van der Waals surface area contributed by atoms with Gasteiger partial charge in [-0.2, -0.15) is 0 Å². The Morgan fingerprint density at radius 1 is 1.11 bits per heavy atom. The quantitative estimate of drug-likeness (QED) is 0.566. The van der Waals surface area contributed by atoms with Crippen LogP contribution >= 0.6 is 0 Å². The summed E-state index contributed by atoms with van der Waals surface area (Å²) in [7, 11) is 0. The molecule has 1 saturated heterocycles. The Morgan fingerprint density at radius 2 is 1.85 bits per heavy atom. The van der Waals surface area contributed by atoms with Gasteiger partial charge >= 0.3 is 0 Å². The average Bonchev–Trinajstić information content (AvgIpc) is 3.08. The number of nitrogens with zero attached hydrogens (tertiary/aromatic N) is 3. The lowest BCUT2D eigenvalue weighted by molar-refractivity contribution is -0.385. The highest BCUT2D eigenvalue weighted by Crippen LogP contribution is 2.25. The fourth-order valence-electron chi connectivity index (χ4n) is 3.27. The standard InChI is InChI=1S/C18H20N4O5/c23-12-14-3-4-15(9-18(14)22(26)27)19-16-7-8-20(11-16)10-13-1-5-17(6-2-13)21(24)25/h1-6,9,16,19,23H,7-8,10-12H2. The van der Waals surface area contributed by atoms with Gasteiger partial charge in [-0.3, -0.25) is 25.1 Å². The van der Waals surface area contributed by atoms with Gasteiger partial charge in [0.1, 0.15) is 0 Å². The topological polar surface area (TPSA) is 122 Å². The Balaban J connectivity index is 1.59. The van der Waals surface area contributed by atoms with E-state index in [4.69, 9.17) is 0 Å². The van der Waals surface area contributed by atoms with Gasteiger partial charge < -0.3 is 10.4 Å². The molecule has 0 radical (unpaired) electrons. The normalized spacial score (nSPS) is 17.0. The summed E-state index contributed by atoms with van der Waals surface area (Å²) in [4.78, 5) is 23.1. The van der Waals surface area contributed by atoms with Crippen molar-refractivity contribution in [3.05, 3.63) is 73.8 Å². The Hall–Kier alpha value is -3.04. The molecule has 1 atom stereocenters. The second-order valence-electron chi connectivity index (χ2n) is 6.55. The second-order valence-corrected chi connectivity index (χ2v) is 6.55. The van der Waals surface area contributed by atoms with Crippen molar-refractivity contribution in [3.8, 4) is 0 Å². The van der Waals surface area contributed by atoms with Crippen LogP contribution in [0.5, 0.6) is 0 Å². The van der Waals surface area contributed by atoms with E-state index in [0.717, 1.165) is 25.1 Å². The van der Waals surface area contributed by atoms with Crippen LogP contribution in [0.15, 0.2) is 42.5 Å². The molecule has 0 aromatic heterocycles. The summed E-state index contributed by atoms with van der Waals surface area (Å²) in [6.45, 7) is 1.96. The van der Waals surface area contributed by atoms with Crippen molar-refractivity contribution in [2.45, 2.75) is 25.6 Å². The zero-order chi connectivity index (χ0) is 19.4. The first kappa shape index (κ1) is 18.7. The number of benzene rings is 2. The van der Waals surface area contributed by atoms with Crippen LogP contribution in [0, 0.1) is 20.2 Å². The van der Waals surface area contributed by atoms with Crippen LogP contribution in [0.25, 0.3) is 0 Å². The van der Waals surface area contributed by atoms with Gasteiger partial charge in [0, 0.05) is 49.6 Å². The van der Waals surface area contributed by atoms with E-state index < -0.39 is 9.85 Å². The zero-order valence-electron chi connectivity index (χ0n) is 14.6. The molecule has 1 fully saturated rings. The molecule has 9 heteroatoms. The molecule has 0 saturated carbocycles. The van der Waals surface area contributed by atoms with Gasteiger partial charge in [0.25, 0.3) is 11.4 Å². The SMILES string of the molecule is O=[N+]([O-])c1ccc(CN2CCC(Nc3ccc(CO)c([N+](=O)[O-])c3)C2)cc1. The van der Waals surface area contributed by atoms with Gasteiger partial charge in [-0.05, 0) is 24.1 Å². The molecule has 2 aromatic carbocycles. The molecule has 27 heavy (non-hydrogen) atoms. The number of rotatable bonds is 7. The lowest BCUT2D eigenvalue weighted by atomic mass is 10.1. The Morgan fingerprint density at radius 3 is 2.48 bits per heavy atom. The first-order chi connectivity index (χ1) is 13.0. The highest BCUT2D eigenvalue weighted by molar-refractivity contribution is 5.55. The third-order valence-corrected chi connectivity index (χ3v) is 4.65. The minimum atomic E-state index is -0.494. The molecule has 0 spiro atoms. The molecular formula is C18H20N4O5. The number of nitrogens with one attached hydrogen (secondary N) is 1. The largest absolute Gasteiger partial charge is 0.391 e. The van der Waals surface area contributed by atoms with Gasteiger partial charge in [0.2, 0.25) is 0 Å². The van der Waals surface area contributed by atoms with E-state index >= 15 is 0 Å². The van der Waals surface area contributed by atoms with Gasteiger partial charge in [0.05, 0.1) is 22.0 Å². The molecule has 0 aliphatic carbocycles. The average molecular weight is 372 g/mol. The molecule has 1 aliphatic heterocycles. The zero-order valence-corrected chi connectivity index (χ0v) is 14.6. The Bertz CT molecular complexity index is 840. The molecule has 1 heterocycles. The predicted octanol–water partition coefficient (Wildman–Crippen LogP) is 2.68. The molecule has 2 N–H and O–H groups in total. The summed E-state index contributed by atoms with van der Waals surface area (Å²) in [5.41, 5.74) is 1.93.